The average molecular weight is 238 g/mol. The third-order valence-corrected chi connectivity index (χ3v) is 2.22. The van der Waals surface area contributed by atoms with Crippen LogP contribution in [0.4, 0.5) is 5.69 Å². The summed E-state index contributed by atoms with van der Waals surface area (Å²) in [6, 6.07) is 4.58. The first-order valence-corrected chi connectivity index (χ1v) is 5.52. The Labute approximate surface area is 101 Å². The van der Waals surface area contributed by atoms with Crippen LogP contribution in [0.3, 0.4) is 0 Å². The van der Waals surface area contributed by atoms with Crippen LogP contribution < -0.4 is 15.8 Å². The van der Waals surface area contributed by atoms with E-state index in [1.807, 2.05) is 6.92 Å². The van der Waals surface area contributed by atoms with E-state index in [1.165, 1.54) is 0 Å². The number of ether oxygens (including phenoxy) is 1. The number of hydrogen-bond acceptors (Lipinski definition) is 4. The maximum Gasteiger partial charge on any atom is 0.251 e. The Morgan fingerprint density at radius 2 is 2.29 bits per heavy atom. The number of aliphatic hydroxyl groups excluding tert-OH is 1. The lowest BCUT2D eigenvalue weighted by Crippen LogP contribution is -2.35. The van der Waals surface area contributed by atoms with E-state index in [-0.39, 0.29) is 18.6 Å². The molecule has 0 aliphatic carbocycles. The van der Waals surface area contributed by atoms with Gasteiger partial charge in [0.1, 0.15) is 5.75 Å². The zero-order valence-electron chi connectivity index (χ0n) is 10.1. The fraction of sp³-hybridized carbons (Fsp3) is 0.417. The number of hydrogen-bond donors (Lipinski definition) is 3. The van der Waals surface area contributed by atoms with Crippen LogP contribution in [0.25, 0.3) is 0 Å². The topological polar surface area (TPSA) is 84.6 Å². The molecule has 5 heteroatoms. The lowest BCUT2D eigenvalue weighted by molar-refractivity contribution is 0.0922. The highest BCUT2D eigenvalue weighted by Gasteiger charge is 2.10. The van der Waals surface area contributed by atoms with Gasteiger partial charge in [-0.1, -0.05) is 0 Å². The molecule has 0 bridgehead atoms. The van der Waals surface area contributed by atoms with Gasteiger partial charge < -0.3 is 20.9 Å². The minimum Gasteiger partial charge on any atom is -0.492 e. The Balaban J connectivity index is 2.79. The molecular weight excluding hydrogens is 220 g/mol. The smallest absolute Gasteiger partial charge is 0.251 e. The average Bonchev–Trinajstić information content (AvgIpc) is 2.31. The molecule has 0 unspecified atom stereocenters. The van der Waals surface area contributed by atoms with Gasteiger partial charge in [-0.25, -0.2) is 0 Å². The summed E-state index contributed by atoms with van der Waals surface area (Å²) in [6.07, 6.45) is 0. The van der Waals surface area contributed by atoms with E-state index >= 15 is 0 Å². The van der Waals surface area contributed by atoms with E-state index in [0.717, 1.165) is 0 Å². The van der Waals surface area contributed by atoms with Crippen molar-refractivity contribution in [3.63, 3.8) is 0 Å². The van der Waals surface area contributed by atoms with Crippen LogP contribution >= 0.6 is 0 Å². The van der Waals surface area contributed by atoms with Crippen LogP contribution in [0.5, 0.6) is 5.75 Å². The van der Waals surface area contributed by atoms with E-state index in [9.17, 15) is 4.79 Å². The number of rotatable bonds is 5. The highest BCUT2D eigenvalue weighted by molar-refractivity contribution is 5.95. The third kappa shape index (κ3) is 3.64. The molecule has 0 heterocycles. The van der Waals surface area contributed by atoms with Gasteiger partial charge in [0.15, 0.2) is 0 Å². The van der Waals surface area contributed by atoms with Crippen molar-refractivity contribution < 1.29 is 14.6 Å². The summed E-state index contributed by atoms with van der Waals surface area (Å²) in [5.41, 5.74) is 6.63. The van der Waals surface area contributed by atoms with Gasteiger partial charge >= 0.3 is 0 Å². The van der Waals surface area contributed by atoms with Crippen molar-refractivity contribution in [1.82, 2.24) is 5.32 Å². The Morgan fingerprint density at radius 3 is 2.82 bits per heavy atom. The van der Waals surface area contributed by atoms with Crippen LogP contribution in [0.1, 0.15) is 24.2 Å². The second-order valence-electron chi connectivity index (χ2n) is 3.74. The highest BCUT2D eigenvalue weighted by Crippen LogP contribution is 2.22. The molecule has 1 atom stereocenters. The van der Waals surface area contributed by atoms with Gasteiger partial charge in [-0.15, -0.1) is 0 Å². The van der Waals surface area contributed by atoms with Crippen molar-refractivity contribution >= 4 is 11.6 Å². The van der Waals surface area contributed by atoms with E-state index in [4.69, 9.17) is 15.6 Å². The van der Waals surface area contributed by atoms with Gasteiger partial charge in [0.2, 0.25) is 0 Å². The summed E-state index contributed by atoms with van der Waals surface area (Å²) in [4.78, 5) is 11.7. The number of anilines is 1. The second-order valence-corrected chi connectivity index (χ2v) is 3.74. The molecule has 0 aliphatic rings. The molecule has 1 aromatic carbocycles. The predicted molar refractivity (Wildman–Crippen MR) is 66.0 cm³/mol. The zero-order chi connectivity index (χ0) is 12.8. The monoisotopic (exact) mass is 238 g/mol. The minimum atomic E-state index is -0.282. The van der Waals surface area contributed by atoms with Crippen molar-refractivity contribution in [1.29, 1.82) is 0 Å². The van der Waals surface area contributed by atoms with Gasteiger partial charge in [0.25, 0.3) is 5.91 Å². The standard InChI is InChI=1S/C12H18N2O3/c1-3-17-11-5-4-9(6-10(11)13)12(16)14-8(2)7-15/h4-6,8,15H,3,7,13H2,1-2H3,(H,14,16)/t8-/m1/s1. The molecular formula is C12H18N2O3. The molecule has 1 rings (SSSR count). The predicted octanol–water partition coefficient (Wildman–Crippen LogP) is 0.778. The molecule has 0 aliphatic heterocycles. The molecule has 1 amide bonds. The van der Waals surface area contributed by atoms with E-state index in [1.54, 1.807) is 25.1 Å². The number of nitrogen functional groups attached to an aromatic ring is 1. The molecule has 0 spiro atoms. The minimum absolute atomic E-state index is 0.0990. The molecule has 94 valence electrons. The number of benzene rings is 1. The highest BCUT2D eigenvalue weighted by atomic mass is 16.5. The Kier molecular flexibility index (Phi) is 4.78. The molecule has 5 nitrogen and oxygen atoms in total. The fourth-order valence-electron chi connectivity index (χ4n) is 1.33. The molecule has 0 saturated heterocycles. The van der Waals surface area contributed by atoms with Crippen LogP contribution in [-0.4, -0.2) is 30.3 Å². The number of amides is 1. The van der Waals surface area contributed by atoms with Crippen LogP contribution in [0, 0.1) is 0 Å². The molecule has 0 aromatic heterocycles. The molecule has 4 N–H and O–H groups in total. The first kappa shape index (κ1) is 13.3. The summed E-state index contributed by atoms with van der Waals surface area (Å²) in [7, 11) is 0. The second kappa shape index (κ2) is 6.10. The summed E-state index contributed by atoms with van der Waals surface area (Å²) >= 11 is 0. The molecule has 0 radical (unpaired) electrons. The van der Waals surface area contributed by atoms with Crippen molar-refractivity contribution in [2.45, 2.75) is 19.9 Å². The first-order valence-electron chi connectivity index (χ1n) is 5.52. The number of carbonyl (C=O) groups is 1. The van der Waals surface area contributed by atoms with Crippen LogP contribution in [0.2, 0.25) is 0 Å². The number of nitrogens with two attached hydrogens (primary N) is 1. The molecule has 17 heavy (non-hydrogen) atoms. The number of aliphatic hydroxyl groups is 1. The maximum absolute atomic E-state index is 11.7. The number of carbonyl (C=O) groups excluding carboxylic acids is 1. The third-order valence-electron chi connectivity index (χ3n) is 2.22. The lowest BCUT2D eigenvalue weighted by Gasteiger charge is -2.12. The summed E-state index contributed by atoms with van der Waals surface area (Å²) < 4.78 is 5.28. The SMILES string of the molecule is CCOc1ccc(C(=O)N[C@H](C)CO)cc1N. The van der Waals surface area contributed by atoms with E-state index in [0.29, 0.717) is 23.6 Å². The van der Waals surface area contributed by atoms with Crippen molar-refractivity contribution in [3.05, 3.63) is 23.8 Å². The van der Waals surface area contributed by atoms with Crippen LogP contribution in [-0.2, 0) is 0 Å². The zero-order valence-corrected chi connectivity index (χ0v) is 10.1. The van der Waals surface area contributed by atoms with Gasteiger partial charge in [0.05, 0.1) is 18.9 Å². The van der Waals surface area contributed by atoms with Crippen molar-refractivity contribution in [2.75, 3.05) is 18.9 Å². The summed E-state index contributed by atoms with van der Waals surface area (Å²) in [6.45, 7) is 4.01. The normalized spacial score (nSPS) is 11.9. The first-order chi connectivity index (χ1) is 8.08. The van der Waals surface area contributed by atoms with Crippen molar-refractivity contribution in [3.8, 4) is 5.75 Å². The van der Waals surface area contributed by atoms with Gasteiger partial charge in [-0.2, -0.15) is 0 Å². The largest absolute Gasteiger partial charge is 0.492 e. The van der Waals surface area contributed by atoms with Gasteiger partial charge in [0, 0.05) is 11.6 Å². The molecule has 0 fully saturated rings. The van der Waals surface area contributed by atoms with Gasteiger partial charge in [-0.3, -0.25) is 4.79 Å². The molecule has 1 aromatic rings. The maximum atomic E-state index is 11.7. The van der Waals surface area contributed by atoms with Crippen LogP contribution in [0.15, 0.2) is 18.2 Å². The lowest BCUT2D eigenvalue weighted by atomic mass is 10.1. The number of nitrogens with one attached hydrogen (secondary N) is 1. The Bertz CT molecular complexity index is 393. The van der Waals surface area contributed by atoms with E-state index < -0.39 is 0 Å². The van der Waals surface area contributed by atoms with Crippen molar-refractivity contribution in [2.24, 2.45) is 0 Å². The summed E-state index contributed by atoms with van der Waals surface area (Å²) in [5.74, 6) is 0.306. The Hall–Kier alpha value is -1.75. The quantitative estimate of drug-likeness (QED) is 0.662. The Morgan fingerprint density at radius 1 is 1.59 bits per heavy atom. The summed E-state index contributed by atoms with van der Waals surface area (Å²) in [5, 5.41) is 11.5. The molecule has 0 saturated carbocycles. The van der Waals surface area contributed by atoms with Gasteiger partial charge in [-0.05, 0) is 32.0 Å². The van der Waals surface area contributed by atoms with E-state index in [2.05, 4.69) is 5.32 Å². The fourth-order valence-corrected chi connectivity index (χ4v) is 1.33.